The highest BCUT2D eigenvalue weighted by Crippen LogP contribution is 2.17. The summed E-state index contributed by atoms with van der Waals surface area (Å²) in [5.41, 5.74) is 0. The van der Waals surface area contributed by atoms with Crippen LogP contribution in [0, 0.1) is 5.92 Å². The van der Waals surface area contributed by atoms with Crippen LogP contribution in [0.4, 0.5) is 0 Å². The van der Waals surface area contributed by atoms with E-state index in [0.717, 1.165) is 25.7 Å². The third kappa shape index (κ3) is 19.8. The van der Waals surface area contributed by atoms with Crippen LogP contribution in [0.3, 0.4) is 0 Å². The van der Waals surface area contributed by atoms with Crippen LogP contribution >= 0.6 is 0 Å². The van der Waals surface area contributed by atoms with E-state index in [1.807, 2.05) is 6.92 Å². The summed E-state index contributed by atoms with van der Waals surface area (Å²) in [6.07, 6.45) is 23.3. The molecule has 170 valence electrons. The minimum absolute atomic E-state index is 0.000405. The molecule has 0 rings (SSSR count). The van der Waals surface area contributed by atoms with Crippen molar-refractivity contribution < 1.29 is 19.4 Å². The van der Waals surface area contributed by atoms with E-state index in [1.165, 1.54) is 70.6 Å². The number of carbonyl (C=O) groups excluding carboxylic acids is 1. The number of hydrogen-bond donors (Lipinski definition) is 1. The van der Waals surface area contributed by atoms with Crippen LogP contribution in [0.15, 0.2) is 12.2 Å². The summed E-state index contributed by atoms with van der Waals surface area (Å²) in [4.78, 5) is 22.9. The molecule has 0 aliphatic heterocycles. The van der Waals surface area contributed by atoms with Crippen molar-refractivity contribution in [3.63, 3.8) is 0 Å². The number of rotatable bonds is 21. The second-order valence-corrected chi connectivity index (χ2v) is 8.19. The number of carboxylic acids is 1. The lowest BCUT2D eigenvalue weighted by Crippen LogP contribution is -2.19. The quantitative estimate of drug-likeness (QED) is 0.121. The zero-order valence-electron chi connectivity index (χ0n) is 19.1. The van der Waals surface area contributed by atoms with Crippen molar-refractivity contribution in [2.24, 2.45) is 5.92 Å². The smallest absolute Gasteiger partial charge is 0.307 e. The van der Waals surface area contributed by atoms with E-state index in [2.05, 4.69) is 19.1 Å². The van der Waals surface area contributed by atoms with Crippen molar-refractivity contribution in [3.8, 4) is 0 Å². The standard InChI is InChI=1S/C25H46O4/c1-3-5-6-7-8-9-10-11-12-13-14-15-16-17-18-19-20-23(25(27)28)22-24(26)29-21-4-2/h11-12,23H,3-10,13-22H2,1-2H3,(H,27,28)/b12-11+. The Hall–Kier alpha value is -1.32. The molecule has 1 unspecified atom stereocenters. The lowest BCUT2D eigenvalue weighted by atomic mass is 9.97. The normalized spacial score (nSPS) is 12.3. The second-order valence-electron chi connectivity index (χ2n) is 8.19. The molecule has 1 atom stereocenters. The van der Waals surface area contributed by atoms with Gasteiger partial charge in [0.2, 0.25) is 0 Å². The van der Waals surface area contributed by atoms with Crippen LogP contribution in [0.2, 0.25) is 0 Å². The fraction of sp³-hybridized carbons (Fsp3) is 0.840. The average Bonchev–Trinajstić information content (AvgIpc) is 2.70. The molecule has 4 nitrogen and oxygen atoms in total. The maximum absolute atomic E-state index is 11.6. The van der Waals surface area contributed by atoms with Gasteiger partial charge in [-0.3, -0.25) is 9.59 Å². The van der Waals surface area contributed by atoms with Crippen LogP contribution < -0.4 is 0 Å². The molecule has 29 heavy (non-hydrogen) atoms. The molecular formula is C25H46O4. The Balaban J connectivity index is 3.51. The first-order chi connectivity index (χ1) is 14.1. The van der Waals surface area contributed by atoms with Gasteiger partial charge in [-0.15, -0.1) is 0 Å². The molecule has 0 spiro atoms. The fourth-order valence-corrected chi connectivity index (χ4v) is 3.43. The third-order valence-corrected chi connectivity index (χ3v) is 5.29. The number of aliphatic carboxylic acids is 1. The van der Waals surface area contributed by atoms with Gasteiger partial charge in [-0.1, -0.05) is 90.2 Å². The molecule has 0 aromatic carbocycles. The van der Waals surface area contributed by atoms with Gasteiger partial charge in [0.1, 0.15) is 0 Å². The van der Waals surface area contributed by atoms with Gasteiger partial charge in [0.25, 0.3) is 0 Å². The maximum Gasteiger partial charge on any atom is 0.307 e. The molecule has 0 fully saturated rings. The Morgan fingerprint density at radius 3 is 1.79 bits per heavy atom. The number of carbonyl (C=O) groups is 2. The first kappa shape index (κ1) is 27.7. The lowest BCUT2D eigenvalue weighted by molar-refractivity contribution is -0.151. The van der Waals surface area contributed by atoms with Gasteiger partial charge in [-0.2, -0.15) is 0 Å². The van der Waals surface area contributed by atoms with Crippen LogP contribution in [-0.2, 0) is 14.3 Å². The van der Waals surface area contributed by atoms with E-state index in [0.29, 0.717) is 13.0 Å². The number of hydrogen-bond acceptors (Lipinski definition) is 3. The molecule has 4 heteroatoms. The second kappa shape index (κ2) is 21.4. The van der Waals surface area contributed by atoms with Crippen molar-refractivity contribution in [2.45, 2.75) is 123 Å². The number of allylic oxidation sites excluding steroid dienone is 2. The monoisotopic (exact) mass is 410 g/mol. The minimum Gasteiger partial charge on any atom is -0.481 e. The zero-order valence-corrected chi connectivity index (χ0v) is 19.1. The minimum atomic E-state index is -0.883. The summed E-state index contributed by atoms with van der Waals surface area (Å²) >= 11 is 0. The number of unbranched alkanes of at least 4 members (excludes halogenated alkanes) is 12. The molecule has 0 heterocycles. The highest BCUT2D eigenvalue weighted by molar-refractivity contribution is 5.78. The fourth-order valence-electron chi connectivity index (χ4n) is 3.43. The molecule has 0 aromatic heterocycles. The van der Waals surface area contributed by atoms with Gasteiger partial charge in [0.05, 0.1) is 18.9 Å². The number of carboxylic acid groups (broad SMARTS) is 1. The SMILES string of the molecule is CCCCCCCC/C=C/CCCCCCCCC(CC(=O)OCCC)C(=O)O. The van der Waals surface area contributed by atoms with Gasteiger partial charge in [0.15, 0.2) is 0 Å². The molecule has 0 bridgehead atoms. The van der Waals surface area contributed by atoms with E-state index in [4.69, 9.17) is 4.74 Å². The Kier molecular flexibility index (Phi) is 20.4. The van der Waals surface area contributed by atoms with Crippen molar-refractivity contribution in [3.05, 3.63) is 12.2 Å². The van der Waals surface area contributed by atoms with Crippen LogP contribution in [-0.4, -0.2) is 23.7 Å². The van der Waals surface area contributed by atoms with E-state index in [-0.39, 0.29) is 12.4 Å². The number of ether oxygens (including phenoxy) is 1. The Labute approximate surface area is 179 Å². The Morgan fingerprint density at radius 2 is 1.28 bits per heavy atom. The van der Waals surface area contributed by atoms with E-state index in [1.54, 1.807) is 0 Å². The number of esters is 1. The largest absolute Gasteiger partial charge is 0.481 e. The van der Waals surface area contributed by atoms with Crippen LogP contribution in [0.1, 0.15) is 123 Å². The van der Waals surface area contributed by atoms with Crippen molar-refractivity contribution in [1.82, 2.24) is 0 Å². The first-order valence-electron chi connectivity index (χ1n) is 12.1. The van der Waals surface area contributed by atoms with Crippen molar-refractivity contribution >= 4 is 11.9 Å². The molecule has 0 aromatic rings. The summed E-state index contributed by atoms with van der Waals surface area (Å²) in [6.45, 7) is 4.56. The highest BCUT2D eigenvalue weighted by Gasteiger charge is 2.21. The van der Waals surface area contributed by atoms with Gasteiger partial charge < -0.3 is 9.84 Å². The van der Waals surface area contributed by atoms with Crippen molar-refractivity contribution in [1.29, 1.82) is 0 Å². The molecule has 0 aliphatic rings. The lowest BCUT2D eigenvalue weighted by Gasteiger charge is -2.11. The predicted octanol–water partition coefficient (Wildman–Crippen LogP) is 7.46. The summed E-state index contributed by atoms with van der Waals surface area (Å²) in [5.74, 6) is -1.87. The summed E-state index contributed by atoms with van der Waals surface area (Å²) in [6, 6.07) is 0. The summed E-state index contributed by atoms with van der Waals surface area (Å²) < 4.78 is 5.00. The molecular weight excluding hydrogens is 364 g/mol. The molecule has 0 amide bonds. The topological polar surface area (TPSA) is 63.6 Å². The highest BCUT2D eigenvalue weighted by atomic mass is 16.5. The average molecular weight is 411 g/mol. The molecule has 0 radical (unpaired) electrons. The van der Waals surface area contributed by atoms with E-state index >= 15 is 0 Å². The molecule has 1 N–H and O–H groups in total. The van der Waals surface area contributed by atoms with Crippen LogP contribution in [0.25, 0.3) is 0 Å². The molecule has 0 saturated carbocycles. The van der Waals surface area contributed by atoms with E-state index in [9.17, 15) is 14.7 Å². The van der Waals surface area contributed by atoms with Gasteiger partial charge in [0, 0.05) is 0 Å². The van der Waals surface area contributed by atoms with Crippen molar-refractivity contribution in [2.75, 3.05) is 6.61 Å². The summed E-state index contributed by atoms with van der Waals surface area (Å²) in [5, 5.41) is 9.26. The third-order valence-electron chi connectivity index (χ3n) is 5.29. The van der Waals surface area contributed by atoms with Gasteiger partial charge >= 0.3 is 11.9 Å². The maximum atomic E-state index is 11.6. The van der Waals surface area contributed by atoms with Crippen LogP contribution in [0.5, 0.6) is 0 Å². The molecule has 0 aliphatic carbocycles. The zero-order chi connectivity index (χ0) is 21.6. The first-order valence-corrected chi connectivity index (χ1v) is 12.1. The van der Waals surface area contributed by atoms with Gasteiger partial charge in [-0.05, 0) is 38.5 Å². The molecule has 0 saturated heterocycles. The predicted molar refractivity (Wildman–Crippen MR) is 121 cm³/mol. The van der Waals surface area contributed by atoms with E-state index < -0.39 is 11.9 Å². The Morgan fingerprint density at radius 1 is 0.759 bits per heavy atom. The Bertz CT molecular complexity index is 417. The van der Waals surface area contributed by atoms with Gasteiger partial charge in [-0.25, -0.2) is 0 Å². The summed E-state index contributed by atoms with van der Waals surface area (Å²) in [7, 11) is 0.